The van der Waals surface area contributed by atoms with Gasteiger partial charge in [-0.25, -0.2) is 4.98 Å². The Morgan fingerprint density at radius 1 is 1.41 bits per heavy atom. The molecular formula is C10H9N5O2. The number of anilines is 1. The van der Waals surface area contributed by atoms with Gasteiger partial charge in [-0.05, 0) is 12.1 Å². The third kappa shape index (κ3) is 1.48. The van der Waals surface area contributed by atoms with Crippen LogP contribution in [0.25, 0.3) is 17.2 Å². The zero-order valence-corrected chi connectivity index (χ0v) is 8.99. The summed E-state index contributed by atoms with van der Waals surface area (Å²) in [6.07, 6.45) is 1.56. The lowest BCUT2D eigenvalue weighted by Gasteiger charge is -2.00. The van der Waals surface area contributed by atoms with Crippen LogP contribution in [0, 0.1) is 0 Å². The van der Waals surface area contributed by atoms with E-state index in [0.29, 0.717) is 23.1 Å². The molecule has 0 spiro atoms. The van der Waals surface area contributed by atoms with Gasteiger partial charge in [0.15, 0.2) is 11.4 Å². The Hall–Kier alpha value is -2.57. The summed E-state index contributed by atoms with van der Waals surface area (Å²) in [5.41, 5.74) is 6.29. The summed E-state index contributed by atoms with van der Waals surface area (Å²) in [7, 11) is 1.52. The summed E-state index contributed by atoms with van der Waals surface area (Å²) in [6, 6.07) is 5.19. The molecule has 0 saturated carbocycles. The molecule has 0 radical (unpaired) electrons. The Morgan fingerprint density at radius 3 is 3.00 bits per heavy atom. The topological polar surface area (TPSA) is 91.5 Å². The maximum atomic E-state index is 5.74. The molecule has 0 fully saturated rings. The molecule has 3 aromatic rings. The van der Waals surface area contributed by atoms with E-state index < -0.39 is 0 Å². The van der Waals surface area contributed by atoms with Gasteiger partial charge in [-0.1, -0.05) is 0 Å². The highest BCUT2D eigenvalue weighted by molar-refractivity contribution is 5.55. The first kappa shape index (κ1) is 9.64. The van der Waals surface area contributed by atoms with E-state index in [-0.39, 0.29) is 5.95 Å². The van der Waals surface area contributed by atoms with Crippen molar-refractivity contribution >= 4 is 11.6 Å². The van der Waals surface area contributed by atoms with Gasteiger partial charge in [0, 0.05) is 6.07 Å². The molecule has 0 saturated heterocycles. The van der Waals surface area contributed by atoms with Crippen molar-refractivity contribution in [1.82, 2.24) is 19.6 Å². The van der Waals surface area contributed by atoms with Gasteiger partial charge in [-0.15, -0.1) is 5.10 Å². The fourth-order valence-electron chi connectivity index (χ4n) is 1.50. The van der Waals surface area contributed by atoms with Crippen molar-refractivity contribution in [3.63, 3.8) is 0 Å². The molecule has 0 unspecified atom stereocenters. The zero-order valence-electron chi connectivity index (χ0n) is 8.99. The number of furan rings is 1. The van der Waals surface area contributed by atoms with Crippen LogP contribution >= 0.6 is 0 Å². The fourth-order valence-corrected chi connectivity index (χ4v) is 1.50. The van der Waals surface area contributed by atoms with Gasteiger partial charge in [0.1, 0.15) is 0 Å². The van der Waals surface area contributed by atoms with E-state index in [1.807, 2.05) is 0 Å². The number of methoxy groups -OCH3 is 1. The smallest absolute Gasteiger partial charge is 0.226 e. The highest BCUT2D eigenvalue weighted by Crippen LogP contribution is 2.19. The molecule has 0 aliphatic carbocycles. The summed E-state index contributed by atoms with van der Waals surface area (Å²) in [4.78, 5) is 8.28. The van der Waals surface area contributed by atoms with Crippen LogP contribution < -0.4 is 10.5 Å². The van der Waals surface area contributed by atoms with Gasteiger partial charge >= 0.3 is 0 Å². The molecule has 0 atom stereocenters. The maximum Gasteiger partial charge on any atom is 0.226 e. The maximum absolute atomic E-state index is 5.74. The Bertz CT molecular complexity index is 659. The molecule has 0 bridgehead atoms. The predicted molar refractivity (Wildman–Crippen MR) is 59.4 cm³/mol. The zero-order chi connectivity index (χ0) is 11.8. The van der Waals surface area contributed by atoms with Crippen molar-refractivity contribution in [3.05, 3.63) is 24.5 Å². The first-order valence-corrected chi connectivity index (χ1v) is 4.89. The van der Waals surface area contributed by atoms with Crippen LogP contribution in [-0.4, -0.2) is 26.7 Å². The molecule has 86 valence electrons. The third-order valence-electron chi connectivity index (χ3n) is 2.28. The summed E-state index contributed by atoms with van der Waals surface area (Å²) in [5.74, 6) is 1.64. The molecule has 3 rings (SSSR count). The van der Waals surface area contributed by atoms with Crippen molar-refractivity contribution < 1.29 is 9.15 Å². The number of hydrogen-bond donors (Lipinski definition) is 1. The van der Waals surface area contributed by atoms with E-state index in [1.165, 1.54) is 11.6 Å². The summed E-state index contributed by atoms with van der Waals surface area (Å²) in [6.45, 7) is 0. The Balaban J connectivity index is 2.22. The number of hydrogen-bond acceptors (Lipinski definition) is 6. The molecule has 7 heteroatoms. The number of fused-ring (bicyclic) bond motifs is 1. The minimum absolute atomic E-state index is 0.213. The molecule has 3 heterocycles. The van der Waals surface area contributed by atoms with Crippen LogP contribution in [0.1, 0.15) is 0 Å². The van der Waals surface area contributed by atoms with E-state index in [4.69, 9.17) is 14.9 Å². The lowest BCUT2D eigenvalue weighted by atomic mass is 10.4. The second kappa shape index (κ2) is 3.48. The van der Waals surface area contributed by atoms with Gasteiger partial charge in [0.05, 0.1) is 13.4 Å². The molecule has 0 aliphatic rings. The van der Waals surface area contributed by atoms with Crippen molar-refractivity contribution in [3.8, 4) is 17.5 Å². The first-order chi connectivity index (χ1) is 8.28. The number of aromatic nitrogens is 4. The van der Waals surface area contributed by atoms with E-state index in [2.05, 4.69) is 15.1 Å². The van der Waals surface area contributed by atoms with E-state index in [9.17, 15) is 0 Å². The van der Waals surface area contributed by atoms with E-state index in [1.54, 1.807) is 24.5 Å². The first-order valence-electron chi connectivity index (χ1n) is 4.89. The average molecular weight is 231 g/mol. The fraction of sp³-hybridized carbons (Fsp3) is 0.100. The lowest BCUT2D eigenvalue weighted by Crippen LogP contribution is -2.03. The second-order valence-corrected chi connectivity index (χ2v) is 3.34. The number of rotatable bonds is 2. The average Bonchev–Trinajstić information content (AvgIpc) is 2.96. The van der Waals surface area contributed by atoms with Crippen molar-refractivity contribution in [2.45, 2.75) is 0 Å². The Labute approximate surface area is 95.8 Å². The van der Waals surface area contributed by atoms with Crippen LogP contribution in [0.4, 0.5) is 5.95 Å². The van der Waals surface area contributed by atoms with Gasteiger partial charge in [-0.3, -0.25) is 0 Å². The third-order valence-corrected chi connectivity index (χ3v) is 2.28. The Kier molecular flexibility index (Phi) is 1.97. The van der Waals surface area contributed by atoms with E-state index in [0.717, 1.165) is 0 Å². The molecule has 2 N–H and O–H groups in total. The number of nitrogens with zero attached hydrogens (tertiary/aromatic N) is 4. The molecule has 0 amide bonds. The van der Waals surface area contributed by atoms with Crippen LogP contribution in [0.3, 0.4) is 0 Å². The molecule has 17 heavy (non-hydrogen) atoms. The second-order valence-electron chi connectivity index (χ2n) is 3.34. The predicted octanol–water partition coefficient (Wildman–Crippen LogP) is 0.975. The van der Waals surface area contributed by atoms with Crippen LogP contribution in [0.5, 0.6) is 5.88 Å². The standard InChI is InChI=1S/C10H9N5O2/c1-16-8-5-7-12-9(6-3-2-4-17-6)14-15(7)10(11)13-8/h2-5H,1H3,(H2,11,13). The summed E-state index contributed by atoms with van der Waals surface area (Å²) >= 11 is 0. The van der Waals surface area contributed by atoms with Gasteiger partial charge in [0.2, 0.25) is 17.7 Å². The SMILES string of the molecule is COc1cc2nc(-c3ccco3)nn2c(N)n1. The summed E-state index contributed by atoms with van der Waals surface area (Å²) < 4.78 is 11.7. The van der Waals surface area contributed by atoms with Crippen LogP contribution in [0.15, 0.2) is 28.9 Å². The van der Waals surface area contributed by atoms with Gasteiger partial charge in [-0.2, -0.15) is 9.50 Å². The van der Waals surface area contributed by atoms with E-state index >= 15 is 0 Å². The van der Waals surface area contributed by atoms with Crippen LogP contribution in [0.2, 0.25) is 0 Å². The molecule has 3 aromatic heterocycles. The Morgan fingerprint density at radius 2 is 2.29 bits per heavy atom. The number of ether oxygens (including phenoxy) is 1. The summed E-state index contributed by atoms with van der Waals surface area (Å²) in [5, 5.41) is 4.20. The van der Waals surface area contributed by atoms with Gasteiger partial charge in [0.25, 0.3) is 0 Å². The van der Waals surface area contributed by atoms with Crippen LogP contribution in [-0.2, 0) is 0 Å². The van der Waals surface area contributed by atoms with Crippen molar-refractivity contribution in [2.75, 3.05) is 12.8 Å². The normalized spacial score (nSPS) is 10.9. The van der Waals surface area contributed by atoms with Crippen molar-refractivity contribution in [2.24, 2.45) is 0 Å². The molecular weight excluding hydrogens is 222 g/mol. The van der Waals surface area contributed by atoms with Crippen molar-refractivity contribution in [1.29, 1.82) is 0 Å². The molecule has 7 nitrogen and oxygen atoms in total. The van der Waals surface area contributed by atoms with Gasteiger partial charge < -0.3 is 14.9 Å². The molecule has 0 aromatic carbocycles. The number of nitrogen functional groups attached to an aromatic ring is 1. The lowest BCUT2D eigenvalue weighted by molar-refractivity contribution is 0.397. The number of nitrogens with two attached hydrogens (primary N) is 1. The largest absolute Gasteiger partial charge is 0.481 e. The quantitative estimate of drug-likeness (QED) is 0.706. The molecule has 0 aliphatic heterocycles. The minimum atomic E-state index is 0.213. The monoisotopic (exact) mass is 231 g/mol. The highest BCUT2D eigenvalue weighted by atomic mass is 16.5. The minimum Gasteiger partial charge on any atom is -0.481 e. The highest BCUT2D eigenvalue weighted by Gasteiger charge is 2.12.